The number of anilines is 1. The Labute approximate surface area is 124 Å². The van der Waals surface area contributed by atoms with Crippen LogP contribution in [-0.2, 0) is 10.0 Å². The van der Waals surface area contributed by atoms with Crippen LogP contribution in [0.5, 0.6) is 0 Å². The Morgan fingerprint density at radius 3 is 2.50 bits per heavy atom. The fourth-order valence-electron chi connectivity index (χ4n) is 1.85. The van der Waals surface area contributed by atoms with Crippen LogP contribution in [0.2, 0.25) is 0 Å². The first-order valence-corrected chi connectivity index (χ1v) is 8.08. The van der Waals surface area contributed by atoms with E-state index in [4.69, 9.17) is 4.42 Å². The molecule has 20 heavy (non-hydrogen) atoms. The molecule has 2 aromatic carbocycles. The highest BCUT2D eigenvalue weighted by Crippen LogP contribution is 2.23. The van der Waals surface area contributed by atoms with Gasteiger partial charge in [-0.25, -0.2) is 8.42 Å². The van der Waals surface area contributed by atoms with E-state index in [1.165, 1.54) is 12.1 Å². The third kappa shape index (κ3) is 2.57. The molecule has 0 spiro atoms. The van der Waals surface area contributed by atoms with E-state index in [9.17, 15) is 8.42 Å². The van der Waals surface area contributed by atoms with E-state index < -0.39 is 10.0 Å². The van der Waals surface area contributed by atoms with Crippen LogP contribution in [-0.4, -0.2) is 8.42 Å². The highest BCUT2D eigenvalue weighted by Gasteiger charge is 2.14. The number of hydrogen-bond acceptors (Lipinski definition) is 3. The van der Waals surface area contributed by atoms with Crippen molar-refractivity contribution in [2.24, 2.45) is 0 Å². The fourth-order valence-corrected chi connectivity index (χ4v) is 3.16. The van der Waals surface area contributed by atoms with Gasteiger partial charge in [-0.2, -0.15) is 0 Å². The lowest BCUT2D eigenvalue weighted by Gasteiger charge is -2.08. The number of nitrogens with one attached hydrogen (secondary N) is 1. The number of furan rings is 1. The number of hydrogen-bond donors (Lipinski definition) is 1. The van der Waals surface area contributed by atoms with Crippen LogP contribution in [0.3, 0.4) is 0 Å². The predicted molar refractivity (Wildman–Crippen MR) is 81.2 cm³/mol. The van der Waals surface area contributed by atoms with Crippen molar-refractivity contribution in [2.75, 3.05) is 4.72 Å². The molecule has 0 saturated carbocycles. The summed E-state index contributed by atoms with van der Waals surface area (Å²) in [6, 6.07) is 13.4. The third-order valence-electron chi connectivity index (χ3n) is 2.83. The number of fused-ring (bicyclic) bond motifs is 1. The van der Waals surface area contributed by atoms with Gasteiger partial charge in [0, 0.05) is 15.9 Å². The molecule has 0 atom stereocenters. The highest BCUT2D eigenvalue weighted by atomic mass is 79.9. The van der Waals surface area contributed by atoms with Crippen LogP contribution in [0, 0.1) is 0 Å². The molecule has 3 aromatic rings. The van der Waals surface area contributed by atoms with E-state index in [1.807, 2.05) is 6.07 Å². The van der Waals surface area contributed by atoms with Crippen LogP contribution < -0.4 is 4.72 Å². The molecule has 4 nitrogen and oxygen atoms in total. The molecule has 0 radical (unpaired) electrons. The SMILES string of the molecule is O=S(=O)(Nc1ccc2ccoc2c1)c1ccc(Br)cc1. The van der Waals surface area contributed by atoms with Crippen molar-refractivity contribution in [3.05, 3.63) is 59.3 Å². The number of rotatable bonds is 3. The second-order valence-electron chi connectivity index (χ2n) is 4.23. The summed E-state index contributed by atoms with van der Waals surface area (Å²) in [5.41, 5.74) is 1.11. The Kier molecular flexibility index (Phi) is 3.27. The summed E-state index contributed by atoms with van der Waals surface area (Å²) in [7, 11) is -3.59. The molecule has 0 aliphatic rings. The summed E-state index contributed by atoms with van der Waals surface area (Å²) in [5, 5.41) is 0.927. The lowest BCUT2D eigenvalue weighted by Crippen LogP contribution is -2.12. The van der Waals surface area contributed by atoms with Gasteiger partial charge in [0.05, 0.1) is 16.8 Å². The van der Waals surface area contributed by atoms with Crippen molar-refractivity contribution in [1.29, 1.82) is 0 Å². The first-order chi connectivity index (χ1) is 9.54. The van der Waals surface area contributed by atoms with Gasteiger partial charge < -0.3 is 4.42 Å². The molecule has 0 fully saturated rings. The summed E-state index contributed by atoms with van der Waals surface area (Å²) in [6.07, 6.45) is 1.57. The molecule has 3 rings (SSSR count). The topological polar surface area (TPSA) is 59.3 Å². The second-order valence-corrected chi connectivity index (χ2v) is 6.83. The van der Waals surface area contributed by atoms with Crippen molar-refractivity contribution in [3.8, 4) is 0 Å². The first kappa shape index (κ1) is 13.2. The van der Waals surface area contributed by atoms with Crippen LogP contribution in [0.1, 0.15) is 0 Å². The maximum Gasteiger partial charge on any atom is 0.261 e. The molecule has 102 valence electrons. The van der Waals surface area contributed by atoms with Crippen molar-refractivity contribution >= 4 is 42.6 Å². The van der Waals surface area contributed by atoms with Crippen LogP contribution in [0.25, 0.3) is 11.0 Å². The van der Waals surface area contributed by atoms with E-state index >= 15 is 0 Å². The van der Waals surface area contributed by atoms with Crippen molar-refractivity contribution in [1.82, 2.24) is 0 Å². The Hall–Kier alpha value is -1.79. The minimum absolute atomic E-state index is 0.209. The van der Waals surface area contributed by atoms with E-state index in [1.54, 1.807) is 36.6 Å². The van der Waals surface area contributed by atoms with Gasteiger partial charge in [-0.05, 0) is 42.5 Å². The number of sulfonamides is 1. The molecule has 1 heterocycles. The summed E-state index contributed by atoms with van der Waals surface area (Å²) in [6.45, 7) is 0. The van der Waals surface area contributed by atoms with Crippen LogP contribution in [0.4, 0.5) is 5.69 Å². The molecule has 0 amide bonds. The maximum atomic E-state index is 12.2. The molecule has 0 aliphatic carbocycles. The van der Waals surface area contributed by atoms with E-state index in [2.05, 4.69) is 20.7 Å². The molecule has 6 heteroatoms. The molecule has 0 aliphatic heterocycles. The second kappa shape index (κ2) is 4.96. The third-order valence-corrected chi connectivity index (χ3v) is 4.76. The standard InChI is InChI=1S/C14H10BrNO3S/c15-11-2-5-13(6-3-11)20(17,18)16-12-4-1-10-7-8-19-14(10)9-12/h1-9,16H. The first-order valence-electron chi connectivity index (χ1n) is 5.80. The zero-order valence-electron chi connectivity index (χ0n) is 10.2. The molecule has 1 aromatic heterocycles. The van der Waals surface area contributed by atoms with Gasteiger partial charge in [-0.1, -0.05) is 15.9 Å². The zero-order chi connectivity index (χ0) is 14.2. The zero-order valence-corrected chi connectivity index (χ0v) is 12.6. The normalized spacial score (nSPS) is 11.7. The lowest BCUT2D eigenvalue weighted by atomic mass is 10.2. The molecular weight excluding hydrogens is 342 g/mol. The largest absolute Gasteiger partial charge is 0.464 e. The molecule has 1 N–H and O–H groups in total. The van der Waals surface area contributed by atoms with Gasteiger partial charge >= 0.3 is 0 Å². The average molecular weight is 352 g/mol. The van der Waals surface area contributed by atoms with E-state index in [0.717, 1.165) is 9.86 Å². The molecule has 0 saturated heterocycles. The van der Waals surface area contributed by atoms with Crippen molar-refractivity contribution in [2.45, 2.75) is 4.90 Å². The van der Waals surface area contributed by atoms with Gasteiger partial charge in [0.1, 0.15) is 5.58 Å². The molecule has 0 bridgehead atoms. The Morgan fingerprint density at radius 2 is 1.75 bits per heavy atom. The van der Waals surface area contributed by atoms with Crippen LogP contribution in [0.15, 0.2) is 68.6 Å². The van der Waals surface area contributed by atoms with E-state index in [0.29, 0.717) is 11.3 Å². The molecule has 0 unspecified atom stereocenters. The van der Waals surface area contributed by atoms with Gasteiger partial charge in [0.2, 0.25) is 0 Å². The number of benzene rings is 2. The maximum absolute atomic E-state index is 12.2. The smallest absolute Gasteiger partial charge is 0.261 e. The van der Waals surface area contributed by atoms with E-state index in [-0.39, 0.29) is 4.90 Å². The van der Waals surface area contributed by atoms with Crippen molar-refractivity contribution < 1.29 is 12.8 Å². The fraction of sp³-hybridized carbons (Fsp3) is 0. The minimum atomic E-state index is -3.59. The summed E-state index contributed by atoms with van der Waals surface area (Å²) >= 11 is 3.27. The van der Waals surface area contributed by atoms with Crippen LogP contribution >= 0.6 is 15.9 Å². The van der Waals surface area contributed by atoms with Gasteiger partial charge in [0.25, 0.3) is 10.0 Å². The summed E-state index contributed by atoms with van der Waals surface area (Å²) in [5.74, 6) is 0. The Bertz CT molecular complexity index is 854. The number of halogens is 1. The molecular formula is C14H10BrNO3S. The minimum Gasteiger partial charge on any atom is -0.464 e. The van der Waals surface area contributed by atoms with Gasteiger partial charge in [-0.3, -0.25) is 4.72 Å². The van der Waals surface area contributed by atoms with Gasteiger partial charge in [-0.15, -0.1) is 0 Å². The predicted octanol–water partition coefficient (Wildman–Crippen LogP) is 4.00. The Balaban J connectivity index is 1.94. The van der Waals surface area contributed by atoms with Gasteiger partial charge in [0.15, 0.2) is 0 Å². The van der Waals surface area contributed by atoms with Crippen molar-refractivity contribution in [3.63, 3.8) is 0 Å². The highest BCUT2D eigenvalue weighted by molar-refractivity contribution is 9.10. The summed E-state index contributed by atoms with van der Waals surface area (Å²) in [4.78, 5) is 0.209. The Morgan fingerprint density at radius 1 is 1.00 bits per heavy atom. The lowest BCUT2D eigenvalue weighted by molar-refractivity contribution is 0.601. The quantitative estimate of drug-likeness (QED) is 0.775. The summed E-state index contributed by atoms with van der Waals surface area (Å²) < 4.78 is 33.1. The average Bonchev–Trinajstić information content (AvgIpc) is 2.86. The monoisotopic (exact) mass is 351 g/mol.